The van der Waals surface area contributed by atoms with Gasteiger partial charge in [0.1, 0.15) is 0 Å². The van der Waals surface area contributed by atoms with Crippen LogP contribution < -0.4 is 5.32 Å². The average Bonchev–Trinajstić information content (AvgIpc) is 3.09. The van der Waals surface area contributed by atoms with Crippen molar-refractivity contribution in [3.63, 3.8) is 0 Å². The molecule has 3 nitrogen and oxygen atoms in total. The van der Waals surface area contributed by atoms with Gasteiger partial charge in [0, 0.05) is 40.5 Å². The van der Waals surface area contributed by atoms with E-state index < -0.39 is 0 Å². The molecule has 4 heteroatoms. The lowest BCUT2D eigenvalue weighted by molar-refractivity contribution is -0.121. The summed E-state index contributed by atoms with van der Waals surface area (Å²) in [5.41, 5.74) is 2.48. The van der Waals surface area contributed by atoms with E-state index in [0.29, 0.717) is 12.3 Å². The van der Waals surface area contributed by atoms with Crippen molar-refractivity contribution < 1.29 is 4.79 Å². The zero-order valence-corrected chi connectivity index (χ0v) is 13.3. The maximum absolute atomic E-state index is 11.9. The Morgan fingerprint density at radius 1 is 1.43 bits per heavy atom. The predicted octanol–water partition coefficient (Wildman–Crippen LogP) is 4.02. The van der Waals surface area contributed by atoms with Crippen molar-refractivity contribution >= 4 is 28.4 Å². The second-order valence-electron chi connectivity index (χ2n) is 6.55. The summed E-state index contributed by atoms with van der Waals surface area (Å²) in [7, 11) is 0. The number of hydrogen-bond acceptors (Lipinski definition) is 1. The molecule has 1 aromatic carbocycles. The lowest BCUT2D eigenvalue weighted by atomic mass is 9.95. The summed E-state index contributed by atoms with van der Waals surface area (Å²) in [6, 6.07) is 5.95. The van der Waals surface area contributed by atoms with Crippen molar-refractivity contribution in [3.8, 4) is 0 Å². The monoisotopic (exact) mass is 304 g/mol. The Labute approximate surface area is 130 Å². The standard InChI is InChI=1S/C17H21ClN2O/c1-11(2)7-16(21)20-10-17(5-6-17)14-9-19-15-8-12(18)3-4-13(14)15/h3-4,8-9,11,19H,5-7,10H2,1-2H3,(H,20,21). The highest BCUT2D eigenvalue weighted by Gasteiger charge is 2.45. The van der Waals surface area contributed by atoms with Crippen molar-refractivity contribution in [2.45, 2.75) is 38.5 Å². The number of halogens is 1. The van der Waals surface area contributed by atoms with Crippen LogP contribution in [0.3, 0.4) is 0 Å². The maximum Gasteiger partial charge on any atom is 0.220 e. The Bertz CT molecular complexity index is 670. The molecule has 0 bridgehead atoms. The summed E-state index contributed by atoms with van der Waals surface area (Å²) in [6.45, 7) is 4.86. The SMILES string of the molecule is CC(C)CC(=O)NCC1(c2c[nH]c3cc(Cl)ccc23)CC1. The summed E-state index contributed by atoms with van der Waals surface area (Å²) in [5.74, 6) is 0.551. The van der Waals surface area contributed by atoms with E-state index in [2.05, 4.69) is 36.4 Å². The van der Waals surface area contributed by atoms with Gasteiger partial charge in [-0.3, -0.25) is 4.79 Å². The molecule has 1 aliphatic rings. The number of H-pyrrole nitrogens is 1. The van der Waals surface area contributed by atoms with Crippen LogP contribution in [0.1, 0.15) is 38.7 Å². The van der Waals surface area contributed by atoms with Gasteiger partial charge in [-0.2, -0.15) is 0 Å². The fourth-order valence-corrected chi connectivity index (χ4v) is 3.11. The van der Waals surface area contributed by atoms with Crippen LogP contribution in [0.2, 0.25) is 5.02 Å². The molecule has 112 valence electrons. The van der Waals surface area contributed by atoms with Crippen LogP contribution in [0.15, 0.2) is 24.4 Å². The van der Waals surface area contributed by atoms with Gasteiger partial charge in [-0.1, -0.05) is 31.5 Å². The summed E-state index contributed by atoms with van der Waals surface area (Å²) < 4.78 is 0. The largest absolute Gasteiger partial charge is 0.361 e. The van der Waals surface area contributed by atoms with E-state index in [1.165, 1.54) is 10.9 Å². The van der Waals surface area contributed by atoms with Gasteiger partial charge in [0.15, 0.2) is 0 Å². The molecule has 0 atom stereocenters. The number of fused-ring (bicyclic) bond motifs is 1. The predicted molar refractivity (Wildman–Crippen MR) is 86.7 cm³/mol. The quantitative estimate of drug-likeness (QED) is 0.861. The lowest BCUT2D eigenvalue weighted by Gasteiger charge is -2.16. The Balaban J connectivity index is 1.77. The molecule has 0 radical (unpaired) electrons. The zero-order valence-electron chi connectivity index (χ0n) is 12.5. The third-order valence-electron chi connectivity index (χ3n) is 4.29. The van der Waals surface area contributed by atoms with Crippen LogP contribution in [0.5, 0.6) is 0 Å². The van der Waals surface area contributed by atoms with Gasteiger partial charge in [0.25, 0.3) is 0 Å². The summed E-state index contributed by atoms with van der Waals surface area (Å²) >= 11 is 6.03. The first-order valence-electron chi connectivity index (χ1n) is 7.54. The molecule has 2 aromatic rings. The number of carbonyl (C=O) groups excluding carboxylic acids is 1. The summed E-state index contributed by atoms with van der Waals surface area (Å²) in [6.07, 6.45) is 4.93. The highest BCUT2D eigenvalue weighted by atomic mass is 35.5. The first-order valence-corrected chi connectivity index (χ1v) is 7.92. The fourth-order valence-electron chi connectivity index (χ4n) is 2.94. The van der Waals surface area contributed by atoms with Crippen LogP contribution in [-0.2, 0) is 10.2 Å². The first-order chi connectivity index (χ1) is 10.00. The molecule has 3 rings (SSSR count). The van der Waals surface area contributed by atoms with E-state index in [1.807, 2.05) is 12.1 Å². The fraction of sp³-hybridized carbons (Fsp3) is 0.471. The second kappa shape index (κ2) is 5.38. The van der Waals surface area contributed by atoms with Gasteiger partial charge in [-0.25, -0.2) is 0 Å². The van der Waals surface area contributed by atoms with Crippen molar-refractivity contribution in [1.29, 1.82) is 0 Å². The van der Waals surface area contributed by atoms with E-state index in [4.69, 9.17) is 11.6 Å². The third-order valence-corrected chi connectivity index (χ3v) is 4.52. The van der Waals surface area contributed by atoms with Crippen molar-refractivity contribution in [2.24, 2.45) is 5.92 Å². The van der Waals surface area contributed by atoms with E-state index in [1.54, 1.807) is 0 Å². The van der Waals surface area contributed by atoms with Crippen molar-refractivity contribution in [3.05, 3.63) is 35.0 Å². The molecule has 1 aliphatic carbocycles. The summed E-state index contributed by atoms with van der Waals surface area (Å²) in [4.78, 5) is 15.2. The van der Waals surface area contributed by atoms with Crippen molar-refractivity contribution in [2.75, 3.05) is 6.54 Å². The number of amides is 1. The molecule has 2 N–H and O–H groups in total. The van der Waals surface area contributed by atoms with Gasteiger partial charge in [0.2, 0.25) is 5.91 Å². The van der Waals surface area contributed by atoms with Crippen molar-refractivity contribution in [1.82, 2.24) is 10.3 Å². The highest BCUT2D eigenvalue weighted by molar-refractivity contribution is 6.31. The van der Waals surface area contributed by atoms with Crippen LogP contribution >= 0.6 is 11.6 Å². The third kappa shape index (κ3) is 2.93. The average molecular weight is 305 g/mol. The molecule has 1 heterocycles. The Kier molecular flexibility index (Phi) is 3.70. The molecule has 0 aliphatic heterocycles. The van der Waals surface area contributed by atoms with Crippen LogP contribution in [0.4, 0.5) is 0 Å². The van der Waals surface area contributed by atoms with Gasteiger partial charge in [-0.15, -0.1) is 0 Å². The molecule has 1 fully saturated rings. The van der Waals surface area contributed by atoms with Gasteiger partial charge in [0.05, 0.1) is 0 Å². The van der Waals surface area contributed by atoms with Crippen LogP contribution in [0.25, 0.3) is 10.9 Å². The van der Waals surface area contributed by atoms with Gasteiger partial charge in [-0.05, 0) is 36.5 Å². The molecular weight excluding hydrogens is 284 g/mol. The lowest BCUT2D eigenvalue weighted by Crippen LogP contribution is -2.32. The minimum atomic E-state index is 0.110. The summed E-state index contributed by atoms with van der Waals surface area (Å²) in [5, 5.41) is 5.06. The van der Waals surface area contributed by atoms with Gasteiger partial charge < -0.3 is 10.3 Å². The number of nitrogens with one attached hydrogen (secondary N) is 2. The topological polar surface area (TPSA) is 44.9 Å². The smallest absolute Gasteiger partial charge is 0.220 e. The number of carbonyl (C=O) groups is 1. The molecule has 0 saturated heterocycles. The molecule has 0 unspecified atom stereocenters. The minimum Gasteiger partial charge on any atom is -0.361 e. The highest BCUT2D eigenvalue weighted by Crippen LogP contribution is 2.50. The number of hydrogen-bond donors (Lipinski definition) is 2. The number of aromatic nitrogens is 1. The maximum atomic E-state index is 11.9. The van der Waals surface area contributed by atoms with Crippen LogP contribution in [0, 0.1) is 5.92 Å². The number of rotatable bonds is 5. The molecule has 21 heavy (non-hydrogen) atoms. The normalized spacial score (nSPS) is 16.4. The zero-order chi connectivity index (χ0) is 15.0. The molecule has 1 saturated carbocycles. The second-order valence-corrected chi connectivity index (χ2v) is 6.98. The Hall–Kier alpha value is -1.48. The number of benzene rings is 1. The Morgan fingerprint density at radius 2 is 2.19 bits per heavy atom. The minimum absolute atomic E-state index is 0.110. The van der Waals surface area contributed by atoms with E-state index in [-0.39, 0.29) is 11.3 Å². The molecule has 1 amide bonds. The van der Waals surface area contributed by atoms with E-state index >= 15 is 0 Å². The molecule has 0 spiro atoms. The molecular formula is C17H21ClN2O. The van der Waals surface area contributed by atoms with Crippen LogP contribution in [-0.4, -0.2) is 17.4 Å². The van der Waals surface area contributed by atoms with Gasteiger partial charge >= 0.3 is 0 Å². The first kappa shape index (κ1) is 14.5. The van der Waals surface area contributed by atoms with E-state index in [9.17, 15) is 4.79 Å². The molecule has 1 aromatic heterocycles. The van der Waals surface area contributed by atoms with E-state index in [0.717, 1.165) is 29.9 Å². The Morgan fingerprint density at radius 3 is 2.86 bits per heavy atom. The number of aromatic amines is 1.